The summed E-state index contributed by atoms with van der Waals surface area (Å²) < 4.78 is 6.04. The van der Waals surface area contributed by atoms with E-state index in [1.54, 1.807) is 13.0 Å². The fourth-order valence-corrected chi connectivity index (χ4v) is 3.06. The molecule has 7 heteroatoms. The van der Waals surface area contributed by atoms with Crippen LogP contribution >= 0.6 is 0 Å². The number of oxazole rings is 1. The Balaban J connectivity index is 1.67. The molecule has 0 aliphatic heterocycles. The molecular formula is C21H23N3O4. The van der Waals surface area contributed by atoms with Crippen LogP contribution in [0.4, 0.5) is 4.79 Å². The van der Waals surface area contributed by atoms with Gasteiger partial charge in [0.25, 0.3) is 0 Å². The van der Waals surface area contributed by atoms with Crippen molar-refractivity contribution in [3.05, 3.63) is 70.2 Å². The van der Waals surface area contributed by atoms with Crippen molar-refractivity contribution in [2.75, 3.05) is 6.54 Å². The van der Waals surface area contributed by atoms with E-state index < -0.39 is 11.8 Å². The molecule has 0 bridgehead atoms. The van der Waals surface area contributed by atoms with Gasteiger partial charge in [0.2, 0.25) is 0 Å². The third-order valence-corrected chi connectivity index (χ3v) is 4.62. The summed E-state index contributed by atoms with van der Waals surface area (Å²) in [5.41, 5.74) is 2.15. The minimum Gasteiger partial charge on any atom is -0.407 e. The Morgan fingerprint density at radius 3 is 2.57 bits per heavy atom. The molecule has 2 aromatic carbocycles. The van der Waals surface area contributed by atoms with E-state index in [0.717, 1.165) is 22.4 Å². The van der Waals surface area contributed by atoms with Gasteiger partial charge in [-0.05, 0) is 43.0 Å². The van der Waals surface area contributed by atoms with Gasteiger partial charge < -0.3 is 4.42 Å². The van der Waals surface area contributed by atoms with Gasteiger partial charge in [-0.15, -0.1) is 0 Å². The Morgan fingerprint density at radius 1 is 1.11 bits per heavy atom. The van der Waals surface area contributed by atoms with E-state index in [9.17, 15) is 14.4 Å². The number of aromatic nitrogens is 1. The fourth-order valence-electron chi connectivity index (χ4n) is 3.06. The number of nitrogens with zero attached hydrogens (tertiary/aromatic N) is 2. The van der Waals surface area contributed by atoms with Gasteiger partial charge in [-0.2, -0.15) is 4.57 Å². The molecule has 0 aliphatic rings. The number of aryl methyl sites for hydroxylation is 1. The predicted octanol–water partition coefficient (Wildman–Crippen LogP) is 3.35. The van der Waals surface area contributed by atoms with E-state index in [0.29, 0.717) is 30.5 Å². The first-order valence-corrected chi connectivity index (χ1v) is 9.30. The standard InChI is InChI=1S/C21H23N3O4/c1-2-18(25)16-11-12-17-19(14-16)28-21(27)24(17)20(26)23(22)13-7-6-10-15-8-4-3-5-9-15/h3-5,8-9,11-12,14H,2,6-7,10,13,22H2,1H3. The lowest BCUT2D eigenvalue weighted by Crippen LogP contribution is -2.43. The van der Waals surface area contributed by atoms with Crippen LogP contribution in [0.2, 0.25) is 0 Å². The van der Waals surface area contributed by atoms with Crippen molar-refractivity contribution in [3.63, 3.8) is 0 Å². The van der Waals surface area contributed by atoms with Crippen LogP contribution in [0, 0.1) is 0 Å². The normalized spacial score (nSPS) is 10.9. The third kappa shape index (κ3) is 4.20. The zero-order chi connectivity index (χ0) is 20.1. The first kappa shape index (κ1) is 19.6. The number of hydrazine groups is 1. The molecule has 2 N–H and O–H groups in total. The van der Waals surface area contributed by atoms with Crippen LogP contribution in [0.1, 0.15) is 42.1 Å². The number of Topliss-reactive ketones (excluding diaryl/α,β-unsaturated/α-hetero) is 1. The van der Waals surface area contributed by atoms with E-state index in [4.69, 9.17) is 10.3 Å². The van der Waals surface area contributed by atoms with Gasteiger partial charge in [0, 0.05) is 18.5 Å². The molecular weight excluding hydrogens is 358 g/mol. The Morgan fingerprint density at radius 2 is 1.86 bits per heavy atom. The zero-order valence-corrected chi connectivity index (χ0v) is 15.8. The summed E-state index contributed by atoms with van der Waals surface area (Å²) in [6.45, 7) is 2.07. The Bertz CT molecular complexity index is 1040. The van der Waals surface area contributed by atoms with Crippen molar-refractivity contribution < 1.29 is 14.0 Å². The van der Waals surface area contributed by atoms with Gasteiger partial charge in [-0.3, -0.25) is 9.80 Å². The van der Waals surface area contributed by atoms with Crippen LogP contribution < -0.4 is 11.6 Å². The second-order valence-electron chi connectivity index (χ2n) is 6.58. The van der Waals surface area contributed by atoms with Crippen LogP contribution in [0.3, 0.4) is 0 Å². The lowest BCUT2D eigenvalue weighted by molar-refractivity contribution is 0.0988. The number of hydrogen-bond acceptors (Lipinski definition) is 5. The Kier molecular flexibility index (Phi) is 6.06. The van der Waals surface area contributed by atoms with Crippen LogP contribution in [0.25, 0.3) is 11.1 Å². The second-order valence-corrected chi connectivity index (χ2v) is 6.58. The highest BCUT2D eigenvalue weighted by atomic mass is 16.4. The lowest BCUT2D eigenvalue weighted by atomic mass is 10.1. The molecule has 0 atom stereocenters. The van der Waals surface area contributed by atoms with E-state index in [1.165, 1.54) is 17.7 Å². The van der Waals surface area contributed by atoms with Gasteiger partial charge in [0.15, 0.2) is 11.4 Å². The molecule has 28 heavy (non-hydrogen) atoms. The average Bonchev–Trinajstić information content (AvgIpc) is 3.05. The molecule has 0 fully saturated rings. The molecule has 1 amide bonds. The van der Waals surface area contributed by atoms with Crippen LogP contribution in [-0.2, 0) is 6.42 Å². The predicted molar refractivity (Wildman–Crippen MR) is 106 cm³/mol. The quantitative estimate of drug-likeness (QED) is 0.222. The molecule has 0 saturated carbocycles. The van der Waals surface area contributed by atoms with E-state index in [2.05, 4.69) is 12.1 Å². The molecule has 3 rings (SSSR count). The number of fused-ring (bicyclic) bond motifs is 1. The van der Waals surface area contributed by atoms with Gasteiger partial charge in [-0.1, -0.05) is 37.3 Å². The van der Waals surface area contributed by atoms with Crippen molar-refractivity contribution in [2.45, 2.75) is 32.6 Å². The Labute approximate surface area is 162 Å². The molecule has 0 aliphatic carbocycles. The summed E-state index contributed by atoms with van der Waals surface area (Å²) in [5, 5.41) is 1.02. The van der Waals surface area contributed by atoms with Gasteiger partial charge in [0.05, 0.1) is 5.52 Å². The van der Waals surface area contributed by atoms with Crippen molar-refractivity contribution in [2.24, 2.45) is 5.84 Å². The van der Waals surface area contributed by atoms with Crippen LogP contribution in [0.5, 0.6) is 0 Å². The third-order valence-electron chi connectivity index (χ3n) is 4.62. The number of nitrogens with two attached hydrogens (primary N) is 1. The van der Waals surface area contributed by atoms with E-state index >= 15 is 0 Å². The number of ketones is 1. The summed E-state index contributed by atoms with van der Waals surface area (Å²) in [7, 11) is 0. The minimum absolute atomic E-state index is 0.0671. The van der Waals surface area contributed by atoms with Gasteiger partial charge >= 0.3 is 11.8 Å². The maximum atomic E-state index is 12.6. The van der Waals surface area contributed by atoms with Crippen molar-refractivity contribution in [3.8, 4) is 0 Å². The number of hydrogen-bond donors (Lipinski definition) is 1. The number of amides is 1. The average molecular weight is 381 g/mol. The highest BCUT2D eigenvalue weighted by Crippen LogP contribution is 2.17. The van der Waals surface area contributed by atoms with Crippen molar-refractivity contribution in [1.29, 1.82) is 0 Å². The largest absolute Gasteiger partial charge is 0.428 e. The first-order valence-electron chi connectivity index (χ1n) is 9.30. The topological polar surface area (TPSA) is 98.5 Å². The molecule has 0 spiro atoms. The summed E-state index contributed by atoms with van der Waals surface area (Å²) in [6.07, 6.45) is 2.81. The molecule has 0 saturated heterocycles. The van der Waals surface area contributed by atoms with Crippen LogP contribution in [-0.4, -0.2) is 27.9 Å². The fraction of sp³-hybridized carbons (Fsp3) is 0.286. The zero-order valence-electron chi connectivity index (χ0n) is 15.8. The smallest absolute Gasteiger partial charge is 0.407 e. The molecule has 7 nitrogen and oxygen atoms in total. The maximum absolute atomic E-state index is 12.6. The number of rotatable bonds is 7. The highest BCUT2D eigenvalue weighted by Gasteiger charge is 2.20. The molecule has 3 aromatic rings. The number of carbonyl (C=O) groups is 2. The SMILES string of the molecule is CCC(=O)c1ccc2c(c1)oc(=O)n2C(=O)N(N)CCCCc1ccccc1. The number of carbonyl (C=O) groups excluding carboxylic acids is 2. The van der Waals surface area contributed by atoms with Crippen molar-refractivity contribution >= 4 is 22.9 Å². The highest BCUT2D eigenvalue weighted by molar-refractivity contribution is 5.99. The molecule has 146 valence electrons. The number of unbranched alkanes of at least 4 members (excludes halogenated alkanes) is 1. The van der Waals surface area contributed by atoms with Gasteiger partial charge in [-0.25, -0.2) is 15.4 Å². The molecule has 1 aromatic heterocycles. The van der Waals surface area contributed by atoms with E-state index in [-0.39, 0.29) is 11.4 Å². The summed E-state index contributed by atoms with van der Waals surface area (Å²) in [6, 6.07) is 14.0. The monoisotopic (exact) mass is 381 g/mol. The molecule has 0 unspecified atom stereocenters. The Hall–Kier alpha value is -3.19. The maximum Gasteiger partial charge on any atom is 0.428 e. The molecule has 1 heterocycles. The second kappa shape index (κ2) is 8.67. The number of benzene rings is 2. The van der Waals surface area contributed by atoms with E-state index in [1.807, 2.05) is 18.2 Å². The molecule has 0 radical (unpaired) electrons. The van der Waals surface area contributed by atoms with Gasteiger partial charge in [0.1, 0.15) is 0 Å². The minimum atomic E-state index is -0.819. The lowest BCUT2D eigenvalue weighted by Gasteiger charge is -2.16. The summed E-state index contributed by atoms with van der Waals surface area (Å²) in [4.78, 5) is 36.6. The van der Waals surface area contributed by atoms with Crippen molar-refractivity contribution in [1.82, 2.24) is 9.58 Å². The first-order chi connectivity index (χ1) is 13.5. The van der Waals surface area contributed by atoms with Crippen LogP contribution in [0.15, 0.2) is 57.7 Å². The summed E-state index contributed by atoms with van der Waals surface area (Å²) >= 11 is 0. The summed E-state index contributed by atoms with van der Waals surface area (Å²) in [5.74, 6) is 4.99.